The van der Waals surface area contributed by atoms with E-state index in [1.165, 1.54) is 11.8 Å². The Morgan fingerprint density at radius 2 is 2.33 bits per heavy atom. The Labute approximate surface area is 152 Å². The summed E-state index contributed by atoms with van der Waals surface area (Å²) < 4.78 is 13.3. The van der Waals surface area contributed by atoms with Gasteiger partial charge in [-0.3, -0.25) is 0 Å². The summed E-state index contributed by atoms with van der Waals surface area (Å²) in [6, 6.07) is 5.66. The molecule has 8 nitrogen and oxygen atoms in total. The standard InChI is InChI=1S/C13H9BrN6O2S2/c14-8-4-10(23-6-8)12-15-11(22-17-12)7-24-13-16-18-19-20(13)5-9-2-1-3-21-9/h1-4,6H,5,7H2. The second-order valence-electron chi connectivity index (χ2n) is 4.63. The first-order chi connectivity index (χ1) is 11.8. The number of rotatable bonds is 6. The van der Waals surface area contributed by atoms with E-state index >= 15 is 0 Å². The first kappa shape index (κ1) is 15.5. The molecule has 0 saturated heterocycles. The summed E-state index contributed by atoms with van der Waals surface area (Å²) in [5.41, 5.74) is 0. The third kappa shape index (κ3) is 3.42. The van der Waals surface area contributed by atoms with Gasteiger partial charge in [0.15, 0.2) is 0 Å². The second kappa shape index (κ2) is 6.87. The van der Waals surface area contributed by atoms with E-state index in [9.17, 15) is 0 Å². The highest BCUT2D eigenvalue weighted by molar-refractivity contribution is 9.10. The van der Waals surface area contributed by atoms with Crippen LogP contribution < -0.4 is 0 Å². The fraction of sp³-hybridized carbons (Fsp3) is 0.154. The highest BCUT2D eigenvalue weighted by Crippen LogP contribution is 2.28. The van der Waals surface area contributed by atoms with Crippen molar-refractivity contribution >= 4 is 39.0 Å². The van der Waals surface area contributed by atoms with Crippen LogP contribution in [0.25, 0.3) is 10.7 Å². The Hall–Kier alpha value is -1.98. The first-order valence-corrected chi connectivity index (χ1v) is 9.42. The molecule has 0 spiro atoms. The molecule has 0 amide bonds. The maximum Gasteiger partial charge on any atom is 0.237 e. The Morgan fingerprint density at radius 1 is 1.38 bits per heavy atom. The predicted molar refractivity (Wildman–Crippen MR) is 90.5 cm³/mol. The molecule has 0 aliphatic heterocycles. The quantitative estimate of drug-likeness (QED) is 0.434. The van der Waals surface area contributed by atoms with Crippen LogP contribution in [0.15, 0.2) is 48.4 Å². The van der Waals surface area contributed by atoms with Crippen molar-refractivity contribution in [3.05, 3.63) is 46.0 Å². The zero-order chi connectivity index (χ0) is 16.4. The lowest BCUT2D eigenvalue weighted by Gasteiger charge is -2.00. The number of hydrogen-bond donors (Lipinski definition) is 0. The van der Waals surface area contributed by atoms with Crippen molar-refractivity contribution in [2.75, 3.05) is 0 Å². The summed E-state index contributed by atoms with van der Waals surface area (Å²) in [6.07, 6.45) is 1.62. The molecule has 4 heterocycles. The SMILES string of the molecule is Brc1csc(-c2noc(CSc3nnnn3Cc3ccco3)n2)c1. The molecule has 24 heavy (non-hydrogen) atoms. The van der Waals surface area contributed by atoms with Crippen LogP contribution in [0.2, 0.25) is 0 Å². The van der Waals surface area contributed by atoms with Crippen molar-refractivity contribution in [1.29, 1.82) is 0 Å². The van der Waals surface area contributed by atoms with E-state index in [0.717, 1.165) is 15.1 Å². The fourth-order valence-electron chi connectivity index (χ4n) is 1.92. The monoisotopic (exact) mass is 424 g/mol. The highest BCUT2D eigenvalue weighted by Gasteiger charge is 2.14. The van der Waals surface area contributed by atoms with Crippen molar-refractivity contribution in [2.45, 2.75) is 17.5 Å². The van der Waals surface area contributed by atoms with Crippen molar-refractivity contribution in [1.82, 2.24) is 30.3 Å². The minimum atomic E-state index is 0.473. The molecule has 4 aromatic rings. The number of tetrazole rings is 1. The van der Waals surface area contributed by atoms with Crippen LogP contribution in [0.3, 0.4) is 0 Å². The van der Waals surface area contributed by atoms with Crippen LogP contribution in [0, 0.1) is 0 Å². The summed E-state index contributed by atoms with van der Waals surface area (Å²) in [5, 5.41) is 18.3. The minimum absolute atomic E-state index is 0.473. The van der Waals surface area contributed by atoms with Gasteiger partial charge in [-0.1, -0.05) is 16.9 Å². The van der Waals surface area contributed by atoms with E-state index in [-0.39, 0.29) is 0 Å². The fourth-order valence-corrected chi connectivity index (χ4v) is 3.99. The van der Waals surface area contributed by atoms with E-state index in [0.29, 0.717) is 29.2 Å². The molecule has 0 atom stereocenters. The maximum absolute atomic E-state index is 5.31. The third-order valence-electron chi connectivity index (χ3n) is 2.97. The Balaban J connectivity index is 1.42. The van der Waals surface area contributed by atoms with Crippen molar-refractivity contribution in [3.8, 4) is 10.7 Å². The summed E-state index contributed by atoms with van der Waals surface area (Å²) in [7, 11) is 0. The van der Waals surface area contributed by atoms with Crippen molar-refractivity contribution in [2.24, 2.45) is 0 Å². The molecule has 4 aromatic heterocycles. The van der Waals surface area contributed by atoms with Gasteiger partial charge in [0, 0.05) is 9.85 Å². The zero-order valence-corrected chi connectivity index (χ0v) is 15.2. The Morgan fingerprint density at radius 3 is 3.12 bits per heavy atom. The molecule has 0 fully saturated rings. The van der Waals surface area contributed by atoms with Crippen LogP contribution in [-0.4, -0.2) is 30.3 Å². The zero-order valence-electron chi connectivity index (χ0n) is 12.0. The molecule has 11 heteroatoms. The molecular formula is C13H9BrN6O2S2. The normalized spacial score (nSPS) is 11.2. The molecular weight excluding hydrogens is 416 g/mol. The number of hydrogen-bond acceptors (Lipinski definition) is 9. The van der Waals surface area contributed by atoms with Gasteiger partial charge in [-0.25, -0.2) is 4.68 Å². The molecule has 0 saturated carbocycles. The van der Waals surface area contributed by atoms with Crippen LogP contribution >= 0.6 is 39.0 Å². The lowest BCUT2D eigenvalue weighted by molar-refractivity contribution is 0.391. The van der Waals surface area contributed by atoms with Gasteiger partial charge in [0.05, 0.1) is 16.9 Å². The molecule has 122 valence electrons. The first-order valence-electron chi connectivity index (χ1n) is 6.76. The maximum atomic E-state index is 5.31. The highest BCUT2D eigenvalue weighted by atomic mass is 79.9. The van der Waals surface area contributed by atoms with Gasteiger partial charge in [-0.05, 0) is 44.6 Å². The molecule has 0 aromatic carbocycles. The van der Waals surface area contributed by atoms with Crippen LogP contribution in [0.5, 0.6) is 0 Å². The number of thiophene rings is 1. The second-order valence-corrected chi connectivity index (χ2v) is 7.40. The van der Waals surface area contributed by atoms with Crippen LogP contribution in [0.4, 0.5) is 0 Å². The topological polar surface area (TPSA) is 95.7 Å². The van der Waals surface area contributed by atoms with Crippen molar-refractivity contribution < 1.29 is 8.94 Å². The van der Waals surface area contributed by atoms with Crippen molar-refractivity contribution in [3.63, 3.8) is 0 Å². The van der Waals surface area contributed by atoms with E-state index in [1.807, 2.05) is 23.6 Å². The largest absolute Gasteiger partial charge is 0.467 e. The average Bonchev–Trinajstić information content (AvgIpc) is 3.34. The molecule has 0 radical (unpaired) electrons. The third-order valence-corrected chi connectivity index (χ3v) is 5.59. The van der Waals surface area contributed by atoms with Gasteiger partial charge in [0.25, 0.3) is 0 Å². The minimum Gasteiger partial charge on any atom is -0.467 e. The average molecular weight is 425 g/mol. The van der Waals surface area contributed by atoms with Gasteiger partial charge in [-0.15, -0.1) is 16.4 Å². The predicted octanol–water partition coefficient (Wildman–Crippen LogP) is 3.48. The molecule has 0 N–H and O–H groups in total. The number of furan rings is 1. The lowest BCUT2D eigenvalue weighted by atomic mass is 10.4. The molecule has 0 aliphatic carbocycles. The summed E-state index contributed by atoms with van der Waals surface area (Å²) in [5.74, 6) is 2.37. The summed E-state index contributed by atoms with van der Waals surface area (Å²) in [4.78, 5) is 5.34. The van der Waals surface area contributed by atoms with Gasteiger partial charge < -0.3 is 8.94 Å². The van der Waals surface area contributed by atoms with E-state index < -0.39 is 0 Å². The molecule has 4 rings (SSSR count). The number of nitrogens with zero attached hydrogens (tertiary/aromatic N) is 6. The van der Waals surface area contributed by atoms with Crippen LogP contribution in [0.1, 0.15) is 11.7 Å². The van der Waals surface area contributed by atoms with E-state index in [4.69, 9.17) is 8.94 Å². The Bertz CT molecular complexity index is 932. The van der Waals surface area contributed by atoms with Crippen LogP contribution in [-0.2, 0) is 12.3 Å². The van der Waals surface area contributed by atoms with Gasteiger partial charge in [-0.2, -0.15) is 4.98 Å². The van der Waals surface area contributed by atoms with E-state index in [2.05, 4.69) is 41.6 Å². The molecule has 0 bridgehead atoms. The number of thioether (sulfide) groups is 1. The van der Waals surface area contributed by atoms with Gasteiger partial charge >= 0.3 is 0 Å². The van der Waals surface area contributed by atoms with Gasteiger partial charge in [0.2, 0.25) is 16.9 Å². The molecule has 0 aliphatic rings. The van der Waals surface area contributed by atoms with E-state index in [1.54, 1.807) is 22.3 Å². The number of aromatic nitrogens is 6. The smallest absolute Gasteiger partial charge is 0.237 e. The summed E-state index contributed by atoms with van der Waals surface area (Å²) in [6.45, 7) is 0.473. The Kier molecular flexibility index (Phi) is 4.45. The lowest BCUT2D eigenvalue weighted by Crippen LogP contribution is -2.03. The van der Waals surface area contributed by atoms with Gasteiger partial charge in [0.1, 0.15) is 12.3 Å². The molecule has 0 unspecified atom stereocenters. The number of halogens is 1. The summed E-state index contributed by atoms with van der Waals surface area (Å²) >= 11 is 6.39.